The number of aliphatic hydroxyl groups is 3. The summed E-state index contributed by atoms with van der Waals surface area (Å²) < 4.78 is 9.69. The van der Waals surface area contributed by atoms with Gasteiger partial charge in [0.15, 0.2) is 0 Å². The van der Waals surface area contributed by atoms with Crippen LogP contribution < -0.4 is 0 Å². The van der Waals surface area contributed by atoms with Crippen LogP contribution in [0.4, 0.5) is 0 Å². The summed E-state index contributed by atoms with van der Waals surface area (Å²) >= 11 is 0. The maximum absolute atomic E-state index is 11.0. The van der Waals surface area contributed by atoms with E-state index in [1.807, 2.05) is 0 Å². The van der Waals surface area contributed by atoms with Gasteiger partial charge in [-0.3, -0.25) is 4.79 Å². The Morgan fingerprint density at radius 3 is 2.73 bits per heavy atom. The fourth-order valence-corrected chi connectivity index (χ4v) is 1.59. The van der Waals surface area contributed by atoms with Crippen LogP contribution in [0.3, 0.4) is 0 Å². The van der Waals surface area contributed by atoms with Crippen LogP contribution in [0.1, 0.15) is 12.8 Å². The smallest absolute Gasteiger partial charge is 0.308 e. The Labute approximate surface area is 87.4 Å². The molecule has 0 aromatic rings. The summed E-state index contributed by atoms with van der Waals surface area (Å²) in [5, 5.41) is 27.7. The largest absolute Gasteiger partial charge is 0.469 e. The molecule has 88 valence electrons. The molecule has 0 aromatic carbocycles. The number of esters is 1. The zero-order valence-corrected chi connectivity index (χ0v) is 8.50. The van der Waals surface area contributed by atoms with Gasteiger partial charge in [0, 0.05) is 6.42 Å². The molecule has 0 aliphatic carbocycles. The Hall–Kier alpha value is -0.690. The van der Waals surface area contributed by atoms with Crippen molar-refractivity contribution >= 4 is 5.97 Å². The number of ether oxygens (including phenoxy) is 2. The van der Waals surface area contributed by atoms with E-state index >= 15 is 0 Å². The van der Waals surface area contributed by atoms with Crippen LogP contribution in [-0.4, -0.2) is 59.4 Å². The first kappa shape index (κ1) is 12.4. The number of hydrogen-bond acceptors (Lipinski definition) is 6. The number of carbonyl (C=O) groups excluding carboxylic acids is 1. The van der Waals surface area contributed by atoms with Crippen LogP contribution in [0.5, 0.6) is 0 Å². The predicted molar refractivity (Wildman–Crippen MR) is 49.0 cm³/mol. The molecule has 0 spiro atoms. The van der Waals surface area contributed by atoms with Crippen molar-refractivity contribution in [3.05, 3.63) is 0 Å². The van der Waals surface area contributed by atoms with Gasteiger partial charge in [0.2, 0.25) is 0 Å². The molecule has 3 N–H and O–H groups in total. The molecule has 6 heteroatoms. The topological polar surface area (TPSA) is 96.2 Å². The van der Waals surface area contributed by atoms with Gasteiger partial charge in [0.1, 0.15) is 12.2 Å². The molecule has 15 heavy (non-hydrogen) atoms. The fourth-order valence-electron chi connectivity index (χ4n) is 1.59. The van der Waals surface area contributed by atoms with E-state index in [1.165, 1.54) is 7.11 Å². The predicted octanol–water partition coefficient (Wildman–Crippen LogP) is -1.58. The van der Waals surface area contributed by atoms with Crippen LogP contribution in [0, 0.1) is 0 Å². The molecule has 0 aromatic heterocycles. The number of aliphatic hydroxyl groups excluding tert-OH is 3. The molecule has 0 bridgehead atoms. The Morgan fingerprint density at radius 2 is 2.20 bits per heavy atom. The summed E-state index contributed by atoms with van der Waals surface area (Å²) in [5.74, 6) is -0.444. The Bertz CT molecular complexity index is 219. The number of carbonyl (C=O) groups is 1. The second kappa shape index (κ2) is 5.41. The summed E-state index contributed by atoms with van der Waals surface area (Å²) in [5.41, 5.74) is 0. The van der Waals surface area contributed by atoms with Crippen LogP contribution in [-0.2, 0) is 14.3 Å². The van der Waals surface area contributed by atoms with Crippen LogP contribution in [0.25, 0.3) is 0 Å². The van der Waals surface area contributed by atoms with Crippen LogP contribution >= 0.6 is 0 Å². The van der Waals surface area contributed by atoms with E-state index in [0.29, 0.717) is 0 Å². The minimum Gasteiger partial charge on any atom is -0.469 e. The maximum atomic E-state index is 11.0. The highest BCUT2D eigenvalue weighted by Crippen LogP contribution is 2.22. The molecular weight excluding hydrogens is 204 g/mol. The quantitative estimate of drug-likeness (QED) is 0.497. The van der Waals surface area contributed by atoms with Gasteiger partial charge in [-0.05, 0) is 0 Å². The Morgan fingerprint density at radius 1 is 1.53 bits per heavy atom. The third-order valence-electron chi connectivity index (χ3n) is 2.45. The van der Waals surface area contributed by atoms with E-state index < -0.39 is 37.0 Å². The molecular formula is C9H16O6. The van der Waals surface area contributed by atoms with Crippen molar-refractivity contribution < 1.29 is 29.6 Å². The van der Waals surface area contributed by atoms with Crippen molar-refractivity contribution in [1.29, 1.82) is 0 Å². The molecule has 1 rings (SSSR count). The van der Waals surface area contributed by atoms with Gasteiger partial charge in [0.25, 0.3) is 0 Å². The summed E-state index contributed by atoms with van der Waals surface area (Å²) in [6, 6.07) is 0. The first-order valence-corrected chi connectivity index (χ1v) is 4.77. The monoisotopic (exact) mass is 220 g/mol. The fraction of sp³-hybridized carbons (Fsp3) is 0.889. The minimum atomic E-state index is -1.11. The molecule has 1 saturated heterocycles. The lowest BCUT2D eigenvalue weighted by Gasteiger charge is -2.35. The Kier molecular flexibility index (Phi) is 4.46. The molecule has 1 aliphatic rings. The van der Waals surface area contributed by atoms with E-state index in [4.69, 9.17) is 9.84 Å². The van der Waals surface area contributed by atoms with Gasteiger partial charge in [-0.1, -0.05) is 0 Å². The average molecular weight is 220 g/mol. The normalized spacial score (nSPS) is 36.3. The van der Waals surface area contributed by atoms with Crippen molar-refractivity contribution in [1.82, 2.24) is 0 Å². The first-order chi connectivity index (χ1) is 7.08. The van der Waals surface area contributed by atoms with Gasteiger partial charge >= 0.3 is 5.97 Å². The van der Waals surface area contributed by atoms with E-state index in [-0.39, 0.29) is 12.8 Å². The van der Waals surface area contributed by atoms with Gasteiger partial charge in [-0.15, -0.1) is 0 Å². The molecule has 1 fully saturated rings. The third-order valence-corrected chi connectivity index (χ3v) is 2.45. The lowest BCUT2D eigenvalue weighted by molar-refractivity contribution is -0.185. The second-order valence-electron chi connectivity index (χ2n) is 3.55. The van der Waals surface area contributed by atoms with Gasteiger partial charge in [0.05, 0.1) is 32.3 Å². The number of rotatable bonds is 3. The third kappa shape index (κ3) is 3.13. The molecule has 6 nitrogen and oxygen atoms in total. The van der Waals surface area contributed by atoms with Gasteiger partial charge < -0.3 is 24.8 Å². The van der Waals surface area contributed by atoms with Crippen LogP contribution in [0.2, 0.25) is 0 Å². The van der Waals surface area contributed by atoms with Crippen LogP contribution in [0.15, 0.2) is 0 Å². The Balaban J connectivity index is 2.51. The van der Waals surface area contributed by atoms with Crippen molar-refractivity contribution in [2.24, 2.45) is 0 Å². The van der Waals surface area contributed by atoms with E-state index in [2.05, 4.69) is 4.74 Å². The van der Waals surface area contributed by atoms with Crippen molar-refractivity contribution in [3.8, 4) is 0 Å². The molecule has 0 unspecified atom stereocenters. The summed E-state index contributed by atoms with van der Waals surface area (Å²) in [4.78, 5) is 11.0. The van der Waals surface area contributed by atoms with Crippen molar-refractivity contribution in [2.45, 2.75) is 37.3 Å². The highest BCUT2D eigenvalue weighted by Gasteiger charge is 2.37. The van der Waals surface area contributed by atoms with Crippen molar-refractivity contribution in [2.75, 3.05) is 13.7 Å². The molecule has 0 radical (unpaired) electrons. The first-order valence-electron chi connectivity index (χ1n) is 4.77. The number of methoxy groups -OCH3 is 1. The highest BCUT2D eigenvalue weighted by atomic mass is 16.5. The lowest BCUT2D eigenvalue weighted by atomic mass is 9.96. The molecule has 0 saturated carbocycles. The van der Waals surface area contributed by atoms with Crippen molar-refractivity contribution in [3.63, 3.8) is 0 Å². The minimum absolute atomic E-state index is 0.0107. The summed E-state index contributed by atoms with van der Waals surface area (Å²) in [7, 11) is 1.26. The molecule has 1 aliphatic heterocycles. The molecule has 0 amide bonds. The SMILES string of the molecule is COC(=O)C[C@@H]1C[C@H](O)[C@@H](O)[C@H](CO)O1. The molecule has 1 heterocycles. The highest BCUT2D eigenvalue weighted by molar-refractivity contribution is 5.69. The zero-order valence-electron chi connectivity index (χ0n) is 8.50. The maximum Gasteiger partial charge on any atom is 0.308 e. The van der Waals surface area contributed by atoms with Gasteiger partial charge in [-0.2, -0.15) is 0 Å². The zero-order chi connectivity index (χ0) is 11.4. The lowest BCUT2D eigenvalue weighted by Crippen LogP contribution is -2.50. The van der Waals surface area contributed by atoms with Gasteiger partial charge in [-0.25, -0.2) is 0 Å². The summed E-state index contributed by atoms with van der Waals surface area (Å²) in [6.45, 7) is -0.393. The molecule has 4 atom stereocenters. The number of hydrogen-bond donors (Lipinski definition) is 3. The summed E-state index contributed by atoms with van der Waals surface area (Å²) in [6.07, 6.45) is -3.28. The average Bonchev–Trinajstić information content (AvgIpc) is 2.22. The standard InChI is InChI=1S/C9H16O6/c1-14-8(12)3-5-2-6(11)9(13)7(4-10)15-5/h5-7,9-11,13H,2-4H2,1H3/t5-,6-,7-,9+/m0/s1. The van der Waals surface area contributed by atoms with E-state index in [0.717, 1.165) is 0 Å². The second-order valence-corrected chi connectivity index (χ2v) is 3.55. The van der Waals surface area contributed by atoms with E-state index in [1.54, 1.807) is 0 Å². The van der Waals surface area contributed by atoms with E-state index in [9.17, 15) is 15.0 Å².